The van der Waals surface area contributed by atoms with Crippen LogP contribution in [0.5, 0.6) is 5.75 Å². The van der Waals surface area contributed by atoms with Gasteiger partial charge in [0.25, 0.3) is 5.91 Å². The molecule has 2 fully saturated rings. The number of piperidine rings is 1. The van der Waals surface area contributed by atoms with Gasteiger partial charge < -0.3 is 23.8 Å². The van der Waals surface area contributed by atoms with Crippen molar-refractivity contribution in [3.63, 3.8) is 0 Å². The number of ether oxygens (including phenoxy) is 2. The van der Waals surface area contributed by atoms with Gasteiger partial charge in [0, 0.05) is 35.2 Å². The molecule has 1 aromatic heterocycles. The van der Waals surface area contributed by atoms with E-state index in [1.165, 1.54) is 16.9 Å². The number of anilines is 1. The summed E-state index contributed by atoms with van der Waals surface area (Å²) in [6.45, 7) is 5.27. The SMILES string of the molecule is CCOc1ccc(N2C(=O)/C(=C/c3cn(CC(=O)N4CCCC[C@H]4C)c4ccccc34)N(CC(=O)OC)C2=S)cc1. The van der Waals surface area contributed by atoms with Crippen molar-refractivity contribution in [2.75, 3.05) is 31.7 Å². The van der Waals surface area contributed by atoms with Gasteiger partial charge >= 0.3 is 5.97 Å². The Morgan fingerprint density at radius 3 is 2.54 bits per heavy atom. The van der Waals surface area contributed by atoms with Crippen LogP contribution in [0.3, 0.4) is 0 Å². The van der Waals surface area contributed by atoms with Gasteiger partial charge in [-0.3, -0.25) is 19.3 Å². The third-order valence-electron chi connectivity index (χ3n) is 7.60. The average Bonchev–Trinajstić information content (AvgIpc) is 3.43. The summed E-state index contributed by atoms with van der Waals surface area (Å²) in [5, 5.41) is 1.06. The Morgan fingerprint density at radius 2 is 1.83 bits per heavy atom. The number of rotatable bonds is 8. The topological polar surface area (TPSA) is 84.3 Å². The number of esters is 1. The van der Waals surface area contributed by atoms with Gasteiger partial charge in [-0.15, -0.1) is 0 Å². The molecule has 214 valence electrons. The Bertz CT molecular complexity index is 1510. The summed E-state index contributed by atoms with van der Waals surface area (Å²) >= 11 is 5.70. The number of likely N-dealkylation sites (tertiary alicyclic amines) is 1. The van der Waals surface area contributed by atoms with Gasteiger partial charge in [-0.1, -0.05) is 18.2 Å². The summed E-state index contributed by atoms with van der Waals surface area (Å²) in [5.41, 5.74) is 2.43. The lowest BCUT2D eigenvalue weighted by molar-refractivity contribution is -0.140. The maximum Gasteiger partial charge on any atom is 0.325 e. The molecule has 10 heteroatoms. The minimum Gasteiger partial charge on any atom is -0.494 e. The number of methoxy groups -OCH3 is 1. The number of carbonyl (C=O) groups excluding carboxylic acids is 3. The molecule has 41 heavy (non-hydrogen) atoms. The van der Waals surface area contributed by atoms with E-state index in [9.17, 15) is 14.4 Å². The van der Waals surface area contributed by atoms with Crippen LogP contribution >= 0.6 is 12.2 Å². The molecule has 0 saturated carbocycles. The zero-order chi connectivity index (χ0) is 29.1. The van der Waals surface area contributed by atoms with Crippen molar-refractivity contribution in [3.05, 3.63) is 66.0 Å². The number of thiocarbonyl (C=S) groups is 1. The molecule has 0 unspecified atom stereocenters. The Balaban J connectivity index is 1.52. The predicted molar refractivity (Wildman–Crippen MR) is 161 cm³/mol. The first-order chi connectivity index (χ1) is 19.8. The standard InChI is InChI=1S/C31H34N4O5S/c1-4-40-24-14-12-23(13-15-24)35-30(38)27(34(31(35)41)20-29(37)39-3)17-22-18-32(26-11-6-5-10-25(22)26)19-28(36)33-16-8-7-9-21(33)2/h5-6,10-15,17-18,21H,4,7-9,16,19-20H2,1-3H3/b27-17-/t21-/m1/s1. The summed E-state index contributed by atoms with van der Waals surface area (Å²) in [5.74, 6) is -0.136. The number of para-hydroxylation sites is 1. The molecule has 0 aliphatic carbocycles. The average molecular weight is 575 g/mol. The van der Waals surface area contributed by atoms with Gasteiger partial charge in [0.2, 0.25) is 5.91 Å². The second-order valence-electron chi connectivity index (χ2n) is 10.2. The second kappa shape index (κ2) is 12.1. The van der Waals surface area contributed by atoms with E-state index in [2.05, 4.69) is 6.92 Å². The highest BCUT2D eigenvalue weighted by Crippen LogP contribution is 2.32. The Hall–Kier alpha value is -4.18. The molecule has 2 amide bonds. The van der Waals surface area contributed by atoms with E-state index < -0.39 is 5.97 Å². The number of nitrogens with zero attached hydrogens (tertiary/aromatic N) is 4. The maximum absolute atomic E-state index is 13.9. The minimum absolute atomic E-state index is 0.0734. The fourth-order valence-corrected chi connectivity index (χ4v) is 5.84. The third kappa shape index (κ3) is 5.69. The quantitative estimate of drug-likeness (QED) is 0.221. The van der Waals surface area contributed by atoms with Crippen molar-refractivity contribution in [1.29, 1.82) is 0 Å². The number of carbonyl (C=O) groups is 3. The zero-order valence-corrected chi connectivity index (χ0v) is 24.4. The monoisotopic (exact) mass is 574 g/mol. The molecular formula is C31H34N4O5S. The smallest absolute Gasteiger partial charge is 0.325 e. The molecule has 0 bridgehead atoms. The number of aromatic nitrogens is 1. The summed E-state index contributed by atoms with van der Waals surface area (Å²) in [4.78, 5) is 44.3. The normalized spacial score (nSPS) is 18.5. The summed E-state index contributed by atoms with van der Waals surface area (Å²) < 4.78 is 12.4. The fraction of sp³-hybridized carbons (Fsp3) is 0.355. The van der Waals surface area contributed by atoms with Crippen LogP contribution in [-0.2, 0) is 25.7 Å². The van der Waals surface area contributed by atoms with E-state index in [1.54, 1.807) is 30.3 Å². The van der Waals surface area contributed by atoms with Gasteiger partial charge in [0.05, 0.1) is 19.4 Å². The van der Waals surface area contributed by atoms with Crippen LogP contribution in [0.1, 0.15) is 38.7 Å². The van der Waals surface area contributed by atoms with E-state index >= 15 is 0 Å². The van der Waals surface area contributed by atoms with Crippen LogP contribution in [0.15, 0.2) is 60.4 Å². The number of benzene rings is 2. The summed E-state index contributed by atoms with van der Waals surface area (Å²) in [6, 6.07) is 15.0. The highest BCUT2D eigenvalue weighted by Gasteiger charge is 2.40. The van der Waals surface area contributed by atoms with Crippen LogP contribution in [-0.4, -0.2) is 70.1 Å². The molecule has 5 rings (SSSR count). The van der Waals surface area contributed by atoms with Crippen molar-refractivity contribution < 1.29 is 23.9 Å². The molecule has 3 aromatic rings. The van der Waals surface area contributed by atoms with Crippen molar-refractivity contribution >= 4 is 57.8 Å². The van der Waals surface area contributed by atoms with Crippen LogP contribution < -0.4 is 9.64 Å². The lowest BCUT2D eigenvalue weighted by Crippen LogP contribution is -2.43. The summed E-state index contributed by atoms with van der Waals surface area (Å²) in [6.07, 6.45) is 6.79. The van der Waals surface area contributed by atoms with E-state index in [-0.39, 0.29) is 41.8 Å². The molecule has 0 spiro atoms. The highest BCUT2D eigenvalue weighted by molar-refractivity contribution is 7.80. The van der Waals surface area contributed by atoms with Crippen molar-refractivity contribution in [2.45, 2.75) is 45.7 Å². The fourth-order valence-electron chi connectivity index (χ4n) is 5.49. The molecular weight excluding hydrogens is 540 g/mol. The first-order valence-electron chi connectivity index (χ1n) is 13.9. The molecule has 3 heterocycles. The Labute approximate surface area is 244 Å². The predicted octanol–water partition coefficient (Wildman–Crippen LogP) is 4.59. The lowest BCUT2D eigenvalue weighted by atomic mass is 10.0. The minimum atomic E-state index is -0.525. The van der Waals surface area contributed by atoms with Gasteiger partial charge in [-0.05, 0) is 81.7 Å². The molecule has 2 aliphatic rings. The number of hydrogen-bond donors (Lipinski definition) is 0. The van der Waals surface area contributed by atoms with Gasteiger partial charge in [0.15, 0.2) is 5.11 Å². The van der Waals surface area contributed by atoms with Gasteiger partial charge in [0.1, 0.15) is 24.5 Å². The van der Waals surface area contributed by atoms with Crippen LogP contribution in [0, 0.1) is 0 Å². The molecule has 0 N–H and O–H groups in total. The van der Waals surface area contributed by atoms with E-state index in [0.29, 0.717) is 18.0 Å². The van der Waals surface area contributed by atoms with Crippen LogP contribution in [0.4, 0.5) is 5.69 Å². The Kier molecular flexibility index (Phi) is 8.39. The van der Waals surface area contributed by atoms with Crippen molar-refractivity contribution in [2.24, 2.45) is 0 Å². The first-order valence-corrected chi connectivity index (χ1v) is 14.3. The van der Waals surface area contributed by atoms with E-state index in [4.69, 9.17) is 21.7 Å². The van der Waals surface area contributed by atoms with Crippen molar-refractivity contribution in [3.8, 4) is 5.75 Å². The maximum atomic E-state index is 13.9. The highest BCUT2D eigenvalue weighted by atomic mass is 32.1. The van der Waals surface area contributed by atoms with Crippen LogP contribution in [0.2, 0.25) is 0 Å². The number of amides is 2. The van der Waals surface area contributed by atoms with Gasteiger partial charge in [-0.2, -0.15) is 0 Å². The van der Waals surface area contributed by atoms with Gasteiger partial charge in [-0.25, -0.2) is 0 Å². The van der Waals surface area contributed by atoms with Crippen molar-refractivity contribution in [1.82, 2.24) is 14.4 Å². The molecule has 0 radical (unpaired) electrons. The molecule has 9 nitrogen and oxygen atoms in total. The van der Waals surface area contributed by atoms with E-state index in [1.807, 2.05) is 46.9 Å². The molecule has 2 saturated heterocycles. The molecule has 1 atom stereocenters. The second-order valence-corrected chi connectivity index (χ2v) is 10.6. The third-order valence-corrected chi connectivity index (χ3v) is 8.00. The molecule has 2 aliphatic heterocycles. The first kappa shape index (κ1) is 28.4. The largest absolute Gasteiger partial charge is 0.494 e. The lowest BCUT2D eigenvalue weighted by Gasteiger charge is -2.33. The Morgan fingerprint density at radius 1 is 1.07 bits per heavy atom. The molecule has 2 aromatic carbocycles. The summed E-state index contributed by atoms with van der Waals surface area (Å²) in [7, 11) is 1.30. The number of fused-ring (bicyclic) bond motifs is 1. The number of hydrogen-bond acceptors (Lipinski definition) is 6. The zero-order valence-electron chi connectivity index (χ0n) is 23.5. The van der Waals surface area contributed by atoms with Crippen LogP contribution in [0.25, 0.3) is 17.0 Å². The van der Waals surface area contributed by atoms with E-state index in [0.717, 1.165) is 42.3 Å².